The van der Waals surface area contributed by atoms with Gasteiger partial charge in [-0.3, -0.25) is 4.79 Å². The Morgan fingerprint density at radius 2 is 2.00 bits per heavy atom. The molecule has 4 nitrogen and oxygen atoms in total. The molecular weight excluding hydrogens is 312 g/mol. The molecular formula is C18H33ClN2O2. The maximum Gasteiger partial charge on any atom is 0.241 e. The van der Waals surface area contributed by atoms with Gasteiger partial charge in [-0.2, -0.15) is 0 Å². The highest BCUT2D eigenvalue weighted by atomic mass is 35.5. The average Bonchev–Trinajstić information content (AvgIpc) is 2.54. The van der Waals surface area contributed by atoms with Crippen molar-refractivity contribution in [1.29, 1.82) is 0 Å². The zero-order valence-electron chi connectivity index (χ0n) is 14.8. The molecule has 0 bridgehead atoms. The number of amides is 1. The van der Waals surface area contributed by atoms with E-state index < -0.39 is 5.54 Å². The number of carbonyl (C=O) groups is 1. The summed E-state index contributed by atoms with van der Waals surface area (Å²) in [5.74, 6) is 1.00. The summed E-state index contributed by atoms with van der Waals surface area (Å²) in [5.41, 5.74) is 5.63. The molecule has 1 aliphatic heterocycles. The van der Waals surface area contributed by atoms with E-state index >= 15 is 0 Å². The predicted molar refractivity (Wildman–Crippen MR) is 94.6 cm³/mol. The Bertz CT molecular complexity index is 443. The molecule has 0 aromatic rings. The molecule has 5 unspecified atom stereocenters. The SMILES string of the molecule is CCC1CCCC(NC(=O)C2(N)C3CCCOC3C2(C)C)C1.Cl. The van der Waals surface area contributed by atoms with Crippen LogP contribution in [-0.2, 0) is 9.53 Å². The van der Waals surface area contributed by atoms with Gasteiger partial charge in [0, 0.05) is 24.0 Å². The summed E-state index contributed by atoms with van der Waals surface area (Å²) >= 11 is 0. The average molecular weight is 345 g/mol. The van der Waals surface area contributed by atoms with Crippen LogP contribution >= 0.6 is 12.4 Å². The van der Waals surface area contributed by atoms with Gasteiger partial charge >= 0.3 is 0 Å². The fourth-order valence-corrected chi connectivity index (χ4v) is 5.13. The van der Waals surface area contributed by atoms with Gasteiger partial charge < -0.3 is 15.8 Å². The van der Waals surface area contributed by atoms with Crippen molar-refractivity contribution in [2.24, 2.45) is 23.0 Å². The molecule has 1 heterocycles. The van der Waals surface area contributed by atoms with Crippen LogP contribution in [0.2, 0.25) is 0 Å². The molecule has 2 saturated carbocycles. The van der Waals surface area contributed by atoms with Gasteiger partial charge in [-0.15, -0.1) is 12.4 Å². The summed E-state index contributed by atoms with van der Waals surface area (Å²) in [5, 5.41) is 3.29. The van der Waals surface area contributed by atoms with Crippen molar-refractivity contribution in [3.05, 3.63) is 0 Å². The van der Waals surface area contributed by atoms with E-state index in [1.54, 1.807) is 0 Å². The summed E-state index contributed by atoms with van der Waals surface area (Å²) in [7, 11) is 0. The third kappa shape index (κ3) is 2.91. The Morgan fingerprint density at radius 1 is 1.26 bits per heavy atom. The highest BCUT2D eigenvalue weighted by Crippen LogP contribution is 2.57. The molecule has 1 saturated heterocycles. The molecule has 3 fully saturated rings. The van der Waals surface area contributed by atoms with Gasteiger partial charge in [-0.1, -0.05) is 40.0 Å². The monoisotopic (exact) mass is 344 g/mol. The van der Waals surface area contributed by atoms with Gasteiger partial charge in [-0.25, -0.2) is 0 Å². The maximum atomic E-state index is 13.0. The third-order valence-electron chi connectivity index (χ3n) is 6.76. The first kappa shape index (κ1) is 19.0. The van der Waals surface area contributed by atoms with Gasteiger partial charge in [0.2, 0.25) is 5.91 Å². The lowest BCUT2D eigenvalue weighted by Gasteiger charge is -2.65. The summed E-state index contributed by atoms with van der Waals surface area (Å²) < 4.78 is 5.90. The van der Waals surface area contributed by atoms with Gasteiger partial charge in [0.05, 0.1) is 6.10 Å². The van der Waals surface area contributed by atoms with Crippen molar-refractivity contribution in [1.82, 2.24) is 5.32 Å². The molecule has 3 aliphatic rings. The molecule has 0 radical (unpaired) electrons. The quantitative estimate of drug-likeness (QED) is 0.827. The molecule has 5 atom stereocenters. The molecule has 0 spiro atoms. The van der Waals surface area contributed by atoms with E-state index in [9.17, 15) is 4.79 Å². The summed E-state index contributed by atoms with van der Waals surface area (Å²) in [4.78, 5) is 13.0. The molecule has 1 amide bonds. The normalized spacial score (nSPS) is 41.9. The van der Waals surface area contributed by atoms with Crippen LogP contribution in [0.5, 0.6) is 0 Å². The van der Waals surface area contributed by atoms with Crippen molar-refractivity contribution in [3.8, 4) is 0 Å². The minimum atomic E-state index is -0.767. The smallest absolute Gasteiger partial charge is 0.241 e. The molecule has 0 aromatic heterocycles. The van der Waals surface area contributed by atoms with Crippen LogP contribution in [0.1, 0.15) is 65.7 Å². The Hall–Kier alpha value is -0.320. The number of fused-ring (bicyclic) bond motifs is 1. The van der Waals surface area contributed by atoms with Gasteiger partial charge in [0.1, 0.15) is 5.54 Å². The summed E-state index contributed by atoms with van der Waals surface area (Å²) in [6.45, 7) is 7.24. The highest BCUT2D eigenvalue weighted by molar-refractivity contribution is 5.89. The summed E-state index contributed by atoms with van der Waals surface area (Å²) in [6, 6.07) is 0.311. The van der Waals surface area contributed by atoms with Crippen LogP contribution in [0.3, 0.4) is 0 Å². The van der Waals surface area contributed by atoms with Gasteiger partial charge in [-0.05, 0) is 31.6 Å². The van der Waals surface area contributed by atoms with Gasteiger partial charge in [0.15, 0.2) is 0 Å². The largest absolute Gasteiger partial charge is 0.377 e. The van der Waals surface area contributed by atoms with Crippen LogP contribution in [0.15, 0.2) is 0 Å². The van der Waals surface area contributed by atoms with Crippen LogP contribution in [0.25, 0.3) is 0 Å². The minimum absolute atomic E-state index is 0. The van der Waals surface area contributed by atoms with Crippen LogP contribution in [0, 0.1) is 17.3 Å². The second-order valence-corrected chi connectivity index (χ2v) is 8.24. The molecule has 3 rings (SSSR count). The lowest BCUT2D eigenvalue weighted by Crippen LogP contribution is -2.82. The fraction of sp³-hybridized carbons (Fsp3) is 0.944. The lowest BCUT2D eigenvalue weighted by atomic mass is 9.46. The standard InChI is InChI=1S/C18H32N2O2.ClH/c1-4-12-7-5-8-13(11-12)20-16(21)18(19)14-9-6-10-22-15(14)17(18,2)3;/h12-15H,4-11,19H2,1-3H3,(H,20,21);1H. The van der Waals surface area contributed by atoms with Crippen molar-refractivity contribution < 1.29 is 9.53 Å². The summed E-state index contributed by atoms with van der Waals surface area (Å²) in [6.07, 6.45) is 8.13. The Labute approximate surface area is 146 Å². The number of halogens is 1. The first-order valence-electron chi connectivity index (χ1n) is 9.12. The van der Waals surface area contributed by atoms with E-state index in [4.69, 9.17) is 10.5 Å². The maximum absolute atomic E-state index is 13.0. The van der Waals surface area contributed by atoms with Crippen molar-refractivity contribution in [2.45, 2.75) is 83.4 Å². The van der Waals surface area contributed by atoms with Crippen molar-refractivity contribution in [2.75, 3.05) is 6.61 Å². The second kappa shape index (κ2) is 6.89. The van der Waals surface area contributed by atoms with Crippen molar-refractivity contribution in [3.63, 3.8) is 0 Å². The number of rotatable bonds is 3. The first-order chi connectivity index (χ1) is 10.4. The van der Waals surface area contributed by atoms with Crippen LogP contribution in [0.4, 0.5) is 0 Å². The topological polar surface area (TPSA) is 64.4 Å². The van der Waals surface area contributed by atoms with E-state index in [1.807, 2.05) is 0 Å². The van der Waals surface area contributed by atoms with E-state index in [0.717, 1.165) is 38.2 Å². The van der Waals surface area contributed by atoms with E-state index in [-0.39, 0.29) is 35.8 Å². The van der Waals surface area contributed by atoms with Crippen LogP contribution < -0.4 is 11.1 Å². The first-order valence-corrected chi connectivity index (χ1v) is 9.12. The zero-order valence-corrected chi connectivity index (χ0v) is 15.6. The molecule has 5 heteroatoms. The fourth-order valence-electron chi connectivity index (χ4n) is 5.13. The Kier molecular flexibility index (Phi) is 5.70. The number of nitrogens with two attached hydrogens (primary N) is 1. The Balaban J connectivity index is 0.00000192. The Morgan fingerprint density at radius 3 is 2.70 bits per heavy atom. The highest BCUT2D eigenvalue weighted by Gasteiger charge is 2.70. The number of hydrogen-bond acceptors (Lipinski definition) is 3. The molecule has 2 aliphatic carbocycles. The zero-order chi connectivity index (χ0) is 16.0. The number of nitrogens with one attached hydrogen (secondary N) is 1. The molecule has 134 valence electrons. The number of carbonyl (C=O) groups excluding carboxylic acids is 1. The van der Waals surface area contributed by atoms with E-state index in [0.29, 0.717) is 6.04 Å². The van der Waals surface area contributed by atoms with Crippen LogP contribution in [-0.4, -0.2) is 30.2 Å². The predicted octanol–water partition coefficient (Wildman–Crippen LogP) is 3.03. The van der Waals surface area contributed by atoms with E-state index in [2.05, 4.69) is 26.1 Å². The van der Waals surface area contributed by atoms with Gasteiger partial charge in [0.25, 0.3) is 0 Å². The third-order valence-corrected chi connectivity index (χ3v) is 6.76. The second-order valence-electron chi connectivity index (χ2n) is 8.24. The van der Waals surface area contributed by atoms with Crippen molar-refractivity contribution >= 4 is 18.3 Å². The van der Waals surface area contributed by atoms with E-state index in [1.165, 1.54) is 19.3 Å². The number of hydrogen-bond donors (Lipinski definition) is 2. The lowest BCUT2D eigenvalue weighted by molar-refractivity contribution is -0.225. The molecule has 0 aromatic carbocycles. The number of ether oxygens (including phenoxy) is 1. The molecule has 23 heavy (non-hydrogen) atoms. The minimum Gasteiger partial charge on any atom is -0.377 e. The molecule has 3 N–H and O–H groups in total.